The molecule has 1 aliphatic rings. The lowest BCUT2D eigenvalue weighted by molar-refractivity contribution is -0.118. The number of halogens is 1. The van der Waals surface area contributed by atoms with E-state index in [1.165, 1.54) is 18.2 Å². The topological polar surface area (TPSA) is 114 Å². The number of hydrogen-bond donors (Lipinski definition) is 2. The van der Waals surface area contributed by atoms with Crippen molar-refractivity contribution in [3.8, 4) is 0 Å². The number of sulfonamides is 1. The number of para-hydroxylation sites is 1. The fraction of sp³-hybridized carbons (Fsp3) is 0.261. The van der Waals surface area contributed by atoms with Crippen molar-refractivity contribution in [2.24, 2.45) is 0 Å². The van der Waals surface area contributed by atoms with E-state index in [4.69, 9.17) is 16.1 Å². The van der Waals surface area contributed by atoms with Gasteiger partial charge in [-0.05, 0) is 48.7 Å². The van der Waals surface area contributed by atoms with Crippen molar-refractivity contribution >= 4 is 39.3 Å². The van der Waals surface area contributed by atoms with E-state index in [2.05, 4.69) is 20.2 Å². The molecule has 0 bridgehead atoms. The van der Waals surface area contributed by atoms with Crippen molar-refractivity contribution in [1.82, 2.24) is 15.5 Å². The van der Waals surface area contributed by atoms with Crippen LogP contribution in [0.15, 0.2) is 64.0 Å². The van der Waals surface area contributed by atoms with E-state index in [0.29, 0.717) is 28.0 Å². The third-order valence-corrected chi connectivity index (χ3v) is 7.22. The lowest BCUT2D eigenvalue weighted by atomic mass is 9.96. The highest BCUT2D eigenvalue weighted by Gasteiger charge is 2.40. The highest BCUT2D eigenvalue weighted by Crippen LogP contribution is 2.37. The summed E-state index contributed by atoms with van der Waals surface area (Å²) in [6.45, 7) is 1.72. The molecule has 2 aromatic carbocycles. The zero-order valence-corrected chi connectivity index (χ0v) is 19.5. The average molecular weight is 487 g/mol. The van der Waals surface area contributed by atoms with E-state index in [0.717, 1.165) is 25.7 Å². The van der Waals surface area contributed by atoms with Crippen LogP contribution in [0.2, 0.25) is 5.02 Å². The number of aryl methyl sites for hydroxylation is 1. The Morgan fingerprint density at radius 2 is 1.82 bits per heavy atom. The standard InChI is InChI=1S/C23H23ClN4O4S/c1-16-25-22(27-32-16)23(14-4-5-15-23)26-21(29)13-10-17-8-11-18(12-9-17)33(30,31)28-20-7-3-2-6-19(20)24/h2-3,6-13,28H,4-5,14-15H2,1H3,(H,26,29)/b13-10+. The zero-order chi connectivity index (χ0) is 23.5. The van der Waals surface area contributed by atoms with Crippen LogP contribution in [0.3, 0.4) is 0 Å². The first kappa shape index (κ1) is 23.0. The molecule has 4 rings (SSSR count). The van der Waals surface area contributed by atoms with Gasteiger partial charge in [-0.1, -0.05) is 53.9 Å². The molecule has 1 aromatic heterocycles. The molecule has 1 heterocycles. The van der Waals surface area contributed by atoms with Crippen LogP contribution in [0.4, 0.5) is 5.69 Å². The van der Waals surface area contributed by atoms with Gasteiger partial charge in [0.25, 0.3) is 10.0 Å². The Morgan fingerprint density at radius 1 is 1.12 bits per heavy atom. The molecule has 1 aliphatic carbocycles. The lowest BCUT2D eigenvalue weighted by Crippen LogP contribution is -2.44. The molecule has 2 N–H and O–H groups in total. The monoisotopic (exact) mass is 486 g/mol. The minimum absolute atomic E-state index is 0.0846. The van der Waals surface area contributed by atoms with Gasteiger partial charge >= 0.3 is 0 Å². The molecule has 0 spiro atoms. The predicted molar refractivity (Wildman–Crippen MR) is 125 cm³/mol. The largest absolute Gasteiger partial charge is 0.340 e. The Kier molecular flexibility index (Phi) is 6.53. The zero-order valence-electron chi connectivity index (χ0n) is 17.9. The minimum Gasteiger partial charge on any atom is -0.340 e. The number of hydrogen-bond acceptors (Lipinski definition) is 6. The van der Waals surface area contributed by atoms with Crippen molar-refractivity contribution < 1.29 is 17.7 Å². The molecule has 0 radical (unpaired) electrons. The number of carbonyl (C=O) groups excluding carboxylic acids is 1. The number of nitrogens with zero attached hydrogens (tertiary/aromatic N) is 2. The molecule has 1 saturated carbocycles. The minimum atomic E-state index is -3.80. The van der Waals surface area contributed by atoms with Gasteiger partial charge in [0, 0.05) is 13.0 Å². The first-order valence-corrected chi connectivity index (χ1v) is 12.3. The number of carbonyl (C=O) groups is 1. The van der Waals surface area contributed by atoms with Gasteiger partial charge in [0.15, 0.2) is 5.82 Å². The summed E-state index contributed by atoms with van der Waals surface area (Å²) in [7, 11) is -3.80. The molecule has 1 amide bonds. The first-order valence-electron chi connectivity index (χ1n) is 10.5. The van der Waals surface area contributed by atoms with E-state index in [-0.39, 0.29) is 10.8 Å². The van der Waals surface area contributed by atoms with E-state index in [1.54, 1.807) is 49.4 Å². The van der Waals surface area contributed by atoms with Crippen LogP contribution in [-0.4, -0.2) is 24.5 Å². The Morgan fingerprint density at radius 3 is 2.45 bits per heavy atom. The summed E-state index contributed by atoms with van der Waals surface area (Å²) in [6.07, 6.45) is 6.47. The molecule has 0 unspecified atom stereocenters. The quantitative estimate of drug-likeness (QED) is 0.477. The molecule has 1 fully saturated rings. The normalized spacial score (nSPS) is 15.6. The van der Waals surface area contributed by atoms with Gasteiger partial charge in [0.1, 0.15) is 5.54 Å². The highest BCUT2D eigenvalue weighted by atomic mass is 35.5. The summed E-state index contributed by atoms with van der Waals surface area (Å²) >= 11 is 6.04. The Labute approximate surface area is 197 Å². The van der Waals surface area contributed by atoms with Crippen molar-refractivity contribution in [3.05, 3.63) is 76.9 Å². The van der Waals surface area contributed by atoms with Crippen LogP contribution in [0.25, 0.3) is 6.08 Å². The van der Waals surface area contributed by atoms with Crippen molar-refractivity contribution in [1.29, 1.82) is 0 Å². The maximum absolute atomic E-state index is 12.6. The van der Waals surface area contributed by atoms with Gasteiger partial charge in [-0.3, -0.25) is 9.52 Å². The Hall–Kier alpha value is -3.17. The molecule has 0 saturated heterocycles. The molecular formula is C23H23ClN4O4S. The molecule has 172 valence electrons. The van der Waals surface area contributed by atoms with Crippen LogP contribution in [0.1, 0.15) is 43.0 Å². The third kappa shape index (κ3) is 5.26. The van der Waals surface area contributed by atoms with Crippen molar-refractivity contribution in [2.45, 2.75) is 43.0 Å². The maximum atomic E-state index is 12.6. The number of aromatic nitrogens is 2. The fourth-order valence-corrected chi connectivity index (χ4v) is 5.15. The van der Waals surface area contributed by atoms with Gasteiger partial charge in [-0.25, -0.2) is 8.42 Å². The summed E-state index contributed by atoms with van der Waals surface area (Å²) in [4.78, 5) is 17.0. The van der Waals surface area contributed by atoms with Crippen LogP contribution in [0, 0.1) is 6.92 Å². The maximum Gasteiger partial charge on any atom is 0.261 e. The smallest absolute Gasteiger partial charge is 0.261 e. The SMILES string of the molecule is Cc1nc(C2(NC(=O)/C=C/c3ccc(S(=O)(=O)Nc4ccccc4Cl)cc3)CCCC2)no1. The van der Waals surface area contributed by atoms with Gasteiger partial charge in [0.05, 0.1) is 15.6 Å². The molecular weight excluding hydrogens is 464 g/mol. The van der Waals surface area contributed by atoms with Gasteiger partial charge < -0.3 is 9.84 Å². The van der Waals surface area contributed by atoms with Gasteiger partial charge in [-0.15, -0.1) is 0 Å². The second-order valence-electron chi connectivity index (χ2n) is 7.90. The first-order chi connectivity index (χ1) is 15.8. The van der Waals surface area contributed by atoms with Crippen LogP contribution in [0.5, 0.6) is 0 Å². The highest BCUT2D eigenvalue weighted by molar-refractivity contribution is 7.92. The molecule has 33 heavy (non-hydrogen) atoms. The number of amides is 1. The van der Waals surface area contributed by atoms with Gasteiger partial charge in [-0.2, -0.15) is 4.98 Å². The summed E-state index contributed by atoms with van der Waals surface area (Å²) in [5.74, 6) is 0.677. The summed E-state index contributed by atoms with van der Waals surface area (Å²) in [5, 5.41) is 7.35. The Balaban J connectivity index is 1.43. The lowest BCUT2D eigenvalue weighted by Gasteiger charge is -2.25. The van der Waals surface area contributed by atoms with E-state index in [1.807, 2.05) is 0 Å². The summed E-state index contributed by atoms with van der Waals surface area (Å²) < 4.78 is 32.8. The molecule has 0 atom stereocenters. The van der Waals surface area contributed by atoms with Crippen LogP contribution < -0.4 is 10.0 Å². The summed E-state index contributed by atoms with van der Waals surface area (Å²) in [5.41, 5.74) is 0.358. The predicted octanol–water partition coefficient (Wildman–Crippen LogP) is 4.43. The molecule has 10 heteroatoms. The Bertz CT molecular complexity index is 1280. The second kappa shape index (κ2) is 9.36. The third-order valence-electron chi connectivity index (χ3n) is 5.51. The number of rotatable bonds is 7. The fourth-order valence-electron chi connectivity index (χ4n) is 3.83. The molecule has 0 aliphatic heterocycles. The van der Waals surface area contributed by atoms with Gasteiger partial charge in [0.2, 0.25) is 11.8 Å². The average Bonchev–Trinajstić information content (AvgIpc) is 3.44. The molecule has 8 nitrogen and oxygen atoms in total. The van der Waals surface area contributed by atoms with Crippen LogP contribution in [-0.2, 0) is 20.4 Å². The summed E-state index contributed by atoms with van der Waals surface area (Å²) in [6, 6.07) is 12.8. The van der Waals surface area contributed by atoms with Crippen molar-refractivity contribution in [2.75, 3.05) is 4.72 Å². The molecule has 3 aromatic rings. The van der Waals surface area contributed by atoms with Crippen molar-refractivity contribution in [3.63, 3.8) is 0 Å². The number of nitrogens with one attached hydrogen (secondary N) is 2. The van der Waals surface area contributed by atoms with E-state index in [9.17, 15) is 13.2 Å². The van der Waals surface area contributed by atoms with E-state index >= 15 is 0 Å². The van der Waals surface area contributed by atoms with Crippen LogP contribution >= 0.6 is 11.6 Å². The number of anilines is 1. The number of benzene rings is 2. The second-order valence-corrected chi connectivity index (χ2v) is 9.99. The van der Waals surface area contributed by atoms with E-state index < -0.39 is 15.6 Å².